The van der Waals surface area contributed by atoms with E-state index in [1.165, 1.54) is 4.68 Å². The van der Waals surface area contributed by atoms with Crippen LogP contribution in [-0.4, -0.2) is 27.4 Å². The number of benzene rings is 3. The van der Waals surface area contributed by atoms with Crippen molar-refractivity contribution in [2.45, 2.75) is 39.7 Å². The van der Waals surface area contributed by atoms with Gasteiger partial charge in [0.1, 0.15) is 5.60 Å². The monoisotopic (exact) mass is 456 g/mol. The Bertz CT molecular complexity index is 1370. The lowest BCUT2D eigenvalue weighted by Gasteiger charge is -2.19. The third-order valence-electron chi connectivity index (χ3n) is 5.26. The fraction of sp³-hybridized carbons (Fsp3) is 0.222. The minimum Gasteiger partial charge on any atom is -0.442 e. The van der Waals surface area contributed by atoms with E-state index in [2.05, 4.69) is 10.4 Å². The predicted molar refractivity (Wildman–Crippen MR) is 135 cm³/mol. The molecule has 1 heterocycles. The van der Waals surface area contributed by atoms with E-state index < -0.39 is 11.7 Å². The van der Waals surface area contributed by atoms with Crippen LogP contribution in [0.1, 0.15) is 31.9 Å². The molecule has 0 bridgehead atoms. The molecule has 0 atom stereocenters. The maximum atomic E-state index is 12.9. The van der Waals surface area contributed by atoms with Gasteiger partial charge in [0, 0.05) is 11.1 Å². The Labute approximate surface area is 198 Å². The number of carbonyl (C=O) groups excluding carboxylic acids is 2. The second-order valence-corrected chi connectivity index (χ2v) is 9.26. The van der Waals surface area contributed by atoms with Gasteiger partial charge in [0.05, 0.1) is 11.9 Å². The zero-order chi connectivity index (χ0) is 24.5. The van der Waals surface area contributed by atoms with Crippen LogP contribution in [0.2, 0.25) is 0 Å². The van der Waals surface area contributed by atoms with E-state index in [1.807, 2.05) is 73.7 Å². The molecule has 0 unspecified atom stereocenters. The smallest absolute Gasteiger partial charge is 0.435 e. The first-order chi connectivity index (χ1) is 16.1. The van der Waals surface area contributed by atoms with Crippen molar-refractivity contribution in [1.82, 2.24) is 9.78 Å². The van der Waals surface area contributed by atoms with Gasteiger partial charge in [0.15, 0.2) is 5.82 Å². The Morgan fingerprint density at radius 3 is 2.44 bits per heavy atom. The molecule has 7 heteroatoms. The number of hydrogen-bond donors (Lipinski definition) is 2. The summed E-state index contributed by atoms with van der Waals surface area (Å²) < 4.78 is 6.75. The molecule has 0 fully saturated rings. The zero-order valence-electron chi connectivity index (χ0n) is 19.8. The lowest BCUT2D eigenvalue weighted by atomic mass is 9.98. The molecule has 7 nitrogen and oxygen atoms in total. The van der Waals surface area contributed by atoms with E-state index in [9.17, 15) is 9.59 Å². The zero-order valence-corrected chi connectivity index (χ0v) is 19.8. The molecule has 1 amide bonds. The van der Waals surface area contributed by atoms with Crippen molar-refractivity contribution < 1.29 is 14.3 Å². The summed E-state index contributed by atoms with van der Waals surface area (Å²) in [4.78, 5) is 25.7. The maximum absolute atomic E-state index is 12.9. The fourth-order valence-electron chi connectivity index (χ4n) is 3.78. The SMILES string of the molecule is Cc1cc2c(cc1-c1cccc(N)c1)c(NC(=O)Cc1ccccc1)nn2C(=O)OC(C)(C)C. The highest BCUT2D eigenvalue weighted by Gasteiger charge is 2.24. The molecule has 3 aromatic carbocycles. The highest BCUT2D eigenvalue weighted by molar-refractivity contribution is 6.04. The molecule has 174 valence electrons. The van der Waals surface area contributed by atoms with Crippen LogP contribution in [0.3, 0.4) is 0 Å². The van der Waals surface area contributed by atoms with Crippen molar-refractivity contribution in [3.8, 4) is 11.1 Å². The number of anilines is 2. The first-order valence-electron chi connectivity index (χ1n) is 11.1. The Kier molecular flexibility index (Phi) is 6.11. The number of hydrogen-bond acceptors (Lipinski definition) is 5. The quantitative estimate of drug-likeness (QED) is 0.392. The van der Waals surface area contributed by atoms with Gasteiger partial charge in [0.25, 0.3) is 0 Å². The summed E-state index contributed by atoms with van der Waals surface area (Å²) in [5.74, 6) is 0.0694. The van der Waals surface area contributed by atoms with Crippen LogP contribution in [0.25, 0.3) is 22.0 Å². The highest BCUT2D eigenvalue weighted by Crippen LogP contribution is 2.33. The van der Waals surface area contributed by atoms with Crippen LogP contribution in [0.15, 0.2) is 66.7 Å². The number of amides is 1. The summed E-state index contributed by atoms with van der Waals surface area (Å²) >= 11 is 0. The Morgan fingerprint density at radius 2 is 1.76 bits per heavy atom. The van der Waals surface area contributed by atoms with Crippen molar-refractivity contribution in [2.75, 3.05) is 11.1 Å². The van der Waals surface area contributed by atoms with E-state index in [-0.39, 0.29) is 12.3 Å². The normalized spacial score (nSPS) is 11.4. The lowest BCUT2D eigenvalue weighted by Crippen LogP contribution is -2.27. The summed E-state index contributed by atoms with van der Waals surface area (Å²) in [5, 5.41) is 7.95. The first-order valence-corrected chi connectivity index (χ1v) is 11.1. The van der Waals surface area contributed by atoms with Crippen molar-refractivity contribution in [2.24, 2.45) is 0 Å². The Morgan fingerprint density at radius 1 is 1.03 bits per heavy atom. The number of rotatable bonds is 4. The molecule has 0 spiro atoms. The van der Waals surface area contributed by atoms with Crippen molar-refractivity contribution in [3.63, 3.8) is 0 Å². The van der Waals surface area contributed by atoms with Gasteiger partial charge in [-0.3, -0.25) is 4.79 Å². The molecule has 3 N–H and O–H groups in total. The minimum absolute atomic E-state index is 0.190. The second-order valence-electron chi connectivity index (χ2n) is 9.26. The van der Waals surface area contributed by atoms with Gasteiger partial charge in [-0.25, -0.2) is 4.79 Å². The third-order valence-corrected chi connectivity index (χ3v) is 5.26. The molecule has 4 aromatic rings. The van der Waals surface area contributed by atoms with Crippen LogP contribution in [0.4, 0.5) is 16.3 Å². The van der Waals surface area contributed by atoms with Gasteiger partial charge in [-0.1, -0.05) is 42.5 Å². The molecule has 0 saturated carbocycles. The third kappa shape index (κ3) is 5.09. The minimum atomic E-state index is -0.692. The van der Waals surface area contributed by atoms with Gasteiger partial charge in [-0.05, 0) is 74.2 Å². The van der Waals surface area contributed by atoms with Crippen molar-refractivity contribution in [3.05, 3.63) is 77.9 Å². The molecule has 0 aliphatic rings. The number of aromatic nitrogens is 2. The van der Waals surface area contributed by atoms with Gasteiger partial charge >= 0.3 is 6.09 Å². The van der Waals surface area contributed by atoms with Gasteiger partial charge in [-0.15, -0.1) is 5.10 Å². The standard InChI is InChI=1S/C27H28N4O3/c1-17-13-23-22(16-21(17)19-11-8-12-20(28)15-19)25(30-31(23)26(33)34-27(2,3)4)29-24(32)14-18-9-6-5-7-10-18/h5-13,15-16H,14,28H2,1-4H3,(H,29,30,32). The Hall–Kier alpha value is -4.13. The number of ether oxygens (including phenoxy) is 1. The summed E-state index contributed by atoms with van der Waals surface area (Å²) in [6.45, 7) is 7.34. The number of nitrogens with two attached hydrogens (primary N) is 1. The van der Waals surface area contributed by atoms with Crippen LogP contribution < -0.4 is 11.1 Å². The summed E-state index contributed by atoms with van der Waals surface area (Å²) in [5.41, 5.74) is 10.2. The number of carbonyl (C=O) groups is 2. The van der Waals surface area contributed by atoms with E-state index >= 15 is 0 Å². The summed E-state index contributed by atoms with van der Waals surface area (Å²) in [6.07, 6.45) is -0.424. The fourth-order valence-corrected chi connectivity index (χ4v) is 3.78. The second kappa shape index (κ2) is 9.02. The average molecular weight is 457 g/mol. The molecular formula is C27H28N4O3. The predicted octanol–water partition coefficient (Wildman–Crippen LogP) is 5.56. The largest absolute Gasteiger partial charge is 0.442 e. The molecule has 34 heavy (non-hydrogen) atoms. The first kappa shape index (κ1) is 23.0. The van der Waals surface area contributed by atoms with E-state index in [4.69, 9.17) is 10.5 Å². The maximum Gasteiger partial charge on any atom is 0.435 e. The molecule has 4 rings (SSSR count). The van der Waals surface area contributed by atoms with E-state index in [0.717, 1.165) is 22.3 Å². The lowest BCUT2D eigenvalue weighted by molar-refractivity contribution is -0.115. The molecule has 0 aliphatic heterocycles. The molecular weight excluding hydrogens is 428 g/mol. The molecule has 0 radical (unpaired) electrons. The summed E-state index contributed by atoms with van der Waals surface area (Å²) in [6, 6.07) is 20.8. The Balaban J connectivity index is 1.79. The van der Waals surface area contributed by atoms with Crippen LogP contribution >= 0.6 is 0 Å². The number of fused-ring (bicyclic) bond motifs is 1. The molecule has 0 saturated heterocycles. The van der Waals surface area contributed by atoms with Gasteiger partial charge in [0.2, 0.25) is 5.91 Å². The average Bonchev–Trinajstić information content (AvgIpc) is 3.09. The van der Waals surface area contributed by atoms with Crippen molar-refractivity contribution >= 4 is 34.4 Å². The molecule has 1 aromatic heterocycles. The van der Waals surface area contributed by atoms with Gasteiger partial charge < -0.3 is 15.8 Å². The summed E-state index contributed by atoms with van der Waals surface area (Å²) in [7, 11) is 0. The van der Waals surface area contributed by atoms with Crippen LogP contribution in [-0.2, 0) is 16.0 Å². The number of nitrogen functional groups attached to an aromatic ring is 1. The number of aryl methyl sites for hydroxylation is 1. The van der Waals surface area contributed by atoms with Crippen LogP contribution in [0.5, 0.6) is 0 Å². The van der Waals surface area contributed by atoms with E-state index in [0.29, 0.717) is 22.4 Å². The van der Waals surface area contributed by atoms with Crippen molar-refractivity contribution in [1.29, 1.82) is 0 Å². The topological polar surface area (TPSA) is 99.2 Å². The van der Waals surface area contributed by atoms with Crippen LogP contribution in [0, 0.1) is 6.92 Å². The number of nitrogens with zero attached hydrogens (tertiary/aromatic N) is 2. The molecule has 0 aliphatic carbocycles. The van der Waals surface area contributed by atoms with E-state index in [1.54, 1.807) is 20.8 Å². The highest BCUT2D eigenvalue weighted by atomic mass is 16.6. The number of nitrogens with one attached hydrogen (secondary N) is 1. The van der Waals surface area contributed by atoms with Gasteiger partial charge in [-0.2, -0.15) is 4.68 Å².